The molecule has 2 saturated heterocycles. The van der Waals surface area contributed by atoms with Gasteiger partial charge in [-0.25, -0.2) is 8.78 Å². The molecule has 0 radical (unpaired) electrons. The van der Waals surface area contributed by atoms with Crippen LogP contribution in [0.3, 0.4) is 0 Å². The molecule has 2 atom stereocenters. The zero-order valence-electron chi connectivity index (χ0n) is 12.8. The fraction of sp³-hybridized carbons (Fsp3) is 0.562. The van der Waals surface area contributed by atoms with Crippen molar-refractivity contribution < 1.29 is 23.4 Å². The van der Waals surface area contributed by atoms with E-state index in [1.807, 2.05) is 4.90 Å². The van der Waals surface area contributed by atoms with Crippen molar-refractivity contribution in [3.63, 3.8) is 0 Å². The number of benzene rings is 1. The van der Waals surface area contributed by atoms with Gasteiger partial charge >= 0.3 is 0 Å². The monoisotopic (exact) mass is 326 g/mol. The van der Waals surface area contributed by atoms with Gasteiger partial charge in [-0.3, -0.25) is 9.69 Å². The minimum atomic E-state index is -0.726. The van der Waals surface area contributed by atoms with Crippen molar-refractivity contribution in [1.82, 2.24) is 9.80 Å². The molecule has 0 aromatic heterocycles. The number of ether oxygens (including phenoxy) is 1. The lowest BCUT2D eigenvalue weighted by atomic mass is 10.0. The molecule has 3 rings (SSSR count). The summed E-state index contributed by atoms with van der Waals surface area (Å²) in [5.41, 5.74) is 0.122. The third-order valence-corrected chi connectivity index (χ3v) is 4.38. The largest absolute Gasteiger partial charge is 0.391 e. The Morgan fingerprint density at radius 2 is 2.04 bits per heavy atom. The number of carbonyl (C=O) groups excluding carboxylic acids is 1. The Morgan fingerprint density at radius 3 is 2.78 bits per heavy atom. The summed E-state index contributed by atoms with van der Waals surface area (Å²) in [6.45, 7) is 2.84. The molecule has 0 spiro atoms. The zero-order chi connectivity index (χ0) is 16.4. The lowest BCUT2D eigenvalue weighted by molar-refractivity contribution is -0.134. The zero-order valence-corrected chi connectivity index (χ0v) is 12.8. The minimum Gasteiger partial charge on any atom is -0.391 e. The number of hydrogen-bond donors (Lipinski definition) is 1. The molecule has 0 saturated carbocycles. The van der Waals surface area contributed by atoms with E-state index in [4.69, 9.17) is 4.74 Å². The molecule has 5 nitrogen and oxygen atoms in total. The van der Waals surface area contributed by atoms with Crippen LogP contribution in [0.5, 0.6) is 0 Å². The quantitative estimate of drug-likeness (QED) is 0.898. The van der Waals surface area contributed by atoms with Gasteiger partial charge in [0, 0.05) is 25.2 Å². The number of carbonyl (C=O) groups is 1. The van der Waals surface area contributed by atoms with Crippen LogP contribution in [0.4, 0.5) is 8.78 Å². The fourth-order valence-corrected chi connectivity index (χ4v) is 3.20. The molecule has 23 heavy (non-hydrogen) atoms. The van der Waals surface area contributed by atoms with E-state index >= 15 is 0 Å². The molecule has 2 fully saturated rings. The summed E-state index contributed by atoms with van der Waals surface area (Å²) in [4.78, 5) is 16.0. The highest BCUT2D eigenvalue weighted by atomic mass is 19.1. The second-order valence-corrected chi connectivity index (χ2v) is 6.01. The SMILES string of the molecule is O=C(CN1CCOCC1)N1CC(O)CC1c1cc(F)ccc1F. The molecule has 126 valence electrons. The number of amides is 1. The van der Waals surface area contributed by atoms with Gasteiger partial charge in [0.2, 0.25) is 5.91 Å². The first-order valence-corrected chi connectivity index (χ1v) is 7.77. The van der Waals surface area contributed by atoms with Crippen LogP contribution < -0.4 is 0 Å². The number of likely N-dealkylation sites (tertiary alicyclic amines) is 1. The highest BCUT2D eigenvalue weighted by molar-refractivity contribution is 5.79. The maximum absolute atomic E-state index is 14.0. The lowest BCUT2D eigenvalue weighted by Crippen LogP contribution is -2.45. The summed E-state index contributed by atoms with van der Waals surface area (Å²) in [6, 6.07) is 2.58. The Labute approximate surface area is 133 Å². The van der Waals surface area contributed by atoms with E-state index in [1.165, 1.54) is 4.90 Å². The third-order valence-electron chi connectivity index (χ3n) is 4.38. The predicted octanol–water partition coefficient (Wildman–Crippen LogP) is 0.931. The first kappa shape index (κ1) is 16.3. The summed E-state index contributed by atoms with van der Waals surface area (Å²) in [5, 5.41) is 9.90. The van der Waals surface area contributed by atoms with Crippen LogP contribution in [-0.4, -0.2) is 66.3 Å². The number of halogens is 2. The van der Waals surface area contributed by atoms with Crippen LogP contribution in [0.25, 0.3) is 0 Å². The third kappa shape index (κ3) is 3.68. The van der Waals surface area contributed by atoms with E-state index in [-0.39, 0.29) is 31.0 Å². The van der Waals surface area contributed by atoms with E-state index in [9.17, 15) is 18.7 Å². The number of aliphatic hydroxyl groups excluding tert-OH is 1. The molecule has 2 aliphatic heterocycles. The Kier molecular flexibility index (Phi) is 4.89. The fourth-order valence-electron chi connectivity index (χ4n) is 3.20. The molecule has 0 aliphatic carbocycles. The van der Waals surface area contributed by atoms with Crippen molar-refractivity contribution in [2.45, 2.75) is 18.6 Å². The maximum atomic E-state index is 14.0. The van der Waals surface area contributed by atoms with Crippen molar-refractivity contribution in [2.75, 3.05) is 39.4 Å². The molecule has 1 aromatic rings. The van der Waals surface area contributed by atoms with Crippen LogP contribution >= 0.6 is 0 Å². The topological polar surface area (TPSA) is 53.0 Å². The first-order valence-electron chi connectivity index (χ1n) is 7.77. The Balaban J connectivity index is 1.76. The van der Waals surface area contributed by atoms with E-state index in [2.05, 4.69) is 0 Å². The van der Waals surface area contributed by atoms with Crippen molar-refractivity contribution >= 4 is 5.91 Å². The smallest absolute Gasteiger partial charge is 0.237 e. The van der Waals surface area contributed by atoms with Crippen LogP contribution in [0, 0.1) is 11.6 Å². The van der Waals surface area contributed by atoms with Crippen LogP contribution in [0.15, 0.2) is 18.2 Å². The average Bonchev–Trinajstić information content (AvgIpc) is 2.92. The van der Waals surface area contributed by atoms with Gasteiger partial charge in [-0.1, -0.05) is 0 Å². The maximum Gasteiger partial charge on any atom is 0.237 e. The number of morpholine rings is 1. The normalized spacial score (nSPS) is 25.8. The van der Waals surface area contributed by atoms with Gasteiger partial charge in [0.1, 0.15) is 11.6 Å². The summed E-state index contributed by atoms with van der Waals surface area (Å²) in [7, 11) is 0. The molecule has 2 unspecified atom stereocenters. The highest BCUT2D eigenvalue weighted by Gasteiger charge is 2.37. The van der Waals surface area contributed by atoms with Crippen molar-refractivity contribution in [3.8, 4) is 0 Å². The Bertz CT molecular complexity index is 578. The van der Waals surface area contributed by atoms with E-state index in [0.29, 0.717) is 26.3 Å². The van der Waals surface area contributed by atoms with E-state index in [1.54, 1.807) is 0 Å². The molecular formula is C16H20F2N2O3. The van der Waals surface area contributed by atoms with Crippen LogP contribution in [0.2, 0.25) is 0 Å². The second kappa shape index (κ2) is 6.90. The van der Waals surface area contributed by atoms with Gasteiger partial charge in [0.05, 0.1) is 31.9 Å². The average molecular weight is 326 g/mol. The number of hydrogen-bond acceptors (Lipinski definition) is 4. The summed E-state index contributed by atoms with van der Waals surface area (Å²) in [5.74, 6) is -1.30. The van der Waals surface area contributed by atoms with Crippen molar-refractivity contribution in [3.05, 3.63) is 35.4 Å². The van der Waals surface area contributed by atoms with Gasteiger partial charge in [-0.05, 0) is 24.6 Å². The molecule has 1 N–H and O–H groups in total. The minimum absolute atomic E-state index is 0.122. The number of rotatable bonds is 3. The molecule has 2 aliphatic rings. The number of aliphatic hydroxyl groups is 1. The lowest BCUT2D eigenvalue weighted by Gasteiger charge is -2.30. The molecule has 2 heterocycles. The molecule has 1 aromatic carbocycles. The van der Waals surface area contributed by atoms with Crippen molar-refractivity contribution in [2.24, 2.45) is 0 Å². The van der Waals surface area contributed by atoms with Gasteiger partial charge in [-0.2, -0.15) is 0 Å². The van der Waals surface area contributed by atoms with Crippen LogP contribution in [-0.2, 0) is 9.53 Å². The Morgan fingerprint density at radius 1 is 1.30 bits per heavy atom. The summed E-state index contributed by atoms with van der Waals surface area (Å²) < 4.78 is 32.7. The van der Waals surface area contributed by atoms with Crippen LogP contribution in [0.1, 0.15) is 18.0 Å². The molecular weight excluding hydrogens is 306 g/mol. The first-order chi connectivity index (χ1) is 11.0. The van der Waals surface area contributed by atoms with Gasteiger partial charge < -0.3 is 14.7 Å². The van der Waals surface area contributed by atoms with Gasteiger partial charge in [0.25, 0.3) is 0 Å². The standard InChI is InChI=1S/C16H20F2N2O3/c17-11-1-2-14(18)13(7-11)15-8-12(21)9-20(15)16(22)10-19-3-5-23-6-4-19/h1-2,7,12,15,21H,3-6,8-10H2. The van der Waals surface area contributed by atoms with E-state index in [0.717, 1.165) is 18.2 Å². The predicted molar refractivity (Wildman–Crippen MR) is 78.7 cm³/mol. The molecule has 7 heteroatoms. The number of nitrogens with zero attached hydrogens (tertiary/aromatic N) is 2. The van der Waals surface area contributed by atoms with Gasteiger partial charge in [-0.15, -0.1) is 0 Å². The summed E-state index contributed by atoms with van der Waals surface area (Å²) in [6.07, 6.45) is -0.508. The van der Waals surface area contributed by atoms with E-state index < -0.39 is 23.8 Å². The molecule has 0 bridgehead atoms. The number of β-amino-alcohol motifs (C(OH)–C–C–N with tert-alkyl or cyclic N) is 1. The summed E-state index contributed by atoms with van der Waals surface area (Å²) >= 11 is 0. The second-order valence-electron chi connectivity index (χ2n) is 6.01. The van der Waals surface area contributed by atoms with Crippen molar-refractivity contribution in [1.29, 1.82) is 0 Å². The highest BCUT2D eigenvalue weighted by Crippen LogP contribution is 2.34. The Hall–Kier alpha value is -1.57. The molecule has 1 amide bonds. The van der Waals surface area contributed by atoms with Gasteiger partial charge in [0.15, 0.2) is 0 Å².